The second-order valence-corrected chi connectivity index (χ2v) is 3.42. The first kappa shape index (κ1) is 29.2. The summed E-state index contributed by atoms with van der Waals surface area (Å²) < 4.78 is 21.2. The monoisotopic (exact) mass is 291 g/mol. The van der Waals surface area contributed by atoms with Crippen molar-refractivity contribution in [1.29, 1.82) is 0 Å². The van der Waals surface area contributed by atoms with Gasteiger partial charge in [-0.25, -0.2) is 0 Å². The first-order chi connectivity index (χ1) is 3.71. The van der Waals surface area contributed by atoms with Crippen LogP contribution in [0.1, 0.15) is 0 Å². The Kier molecular flexibility index (Phi) is 20.7. The molecule has 0 aliphatic rings. The Morgan fingerprint density at radius 2 is 0.923 bits per heavy atom. The first-order valence-electron chi connectivity index (χ1n) is 1.46. The Morgan fingerprint density at radius 1 is 0.769 bits per heavy atom. The molecule has 0 saturated heterocycles. The molecule has 0 heterocycles. The van der Waals surface area contributed by atoms with Gasteiger partial charge in [-0.15, -0.1) is 0 Å². The van der Waals surface area contributed by atoms with Gasteiger partial charge in [0.1, 0.15) is 0 Å². The second kappa shape index (κ2) is 9.22. The van der Waals surface area contributed by atoms with Crippen molar-refractivity contribution in [3.05, 3.63) is 0 Å². The van der Waals surface area contributed by atoms with E-state index in [1.807, 2.05) is 0 Å². The van der Waals surface area contributed by atoms with E-state index in [0.717, 1.165) is 0 Å². The van der Waals surface area contributed by atoms with Crippen molar-refractivity contribution in [2.45, 2.75) is 0 Å². The van der Waals surface area contributed by atoms with E-state index in [4.69, 9.17) is 0 Å². The van der Waals surface area contributed by atoms with E-state index >= 15 is 0 Å². The van der Waals surface area contributed by atoms with Crippen LogP contribution in [-0.4, -0.2) is 16.4 Å². The molecule has 0 unspecified atom stereocenters. The van der Waals surface area contributed by atoms with Gasteiger partial charge in [0.05, 0.1) is 15.6 Å². The summed E-state index contributed by atoms with van der Waals surface area (Å²) >= 11 is 0. The zero-order valence-corrected chi connectivity index (χ0v) is 8.28. The van der Waals surface area contributed by atoms with E-state index in [1.165, 1.54) is 0 Å². The molecule has 0 aromatic carbocycles. The Bertz CT molecular complexity index is 153. The maximum absolute atomic E-state index is 9.32. The predicted molar refractivity (Wildman–Crippen MR) is 27.1 cm³/mol. The molecule has 0 amide bonds. The summed E-state index contributed by atoms with van der Waals surface area (Å²) in [5.41, 5.74) is 0. The Hall–Kier alpha value is 0.659. The molecule has 13 heavy (non-hydrogen) atoms. The minimum Gasteiger partial charge on any atom is -0.790 e. The molecule has 0 fully saturated rings. The minimum absolute atomic E-state index is 0. The summed E-state index contributed by atoms with van der Waals surface area (Å²) in [7, 11) is -11.4. The number of hydrogen-bond donors (Lipinski definition) is 0. The van der Waals surface area contributed by atoms with Gasteiger partial charge in [0.2, 0.25) is 0 Å². The topological polar surface area (TPSA) is 230 Å². The van der Waals surface area contributed by atoms with E-state index in [-0.39, 0.29) is 33.5 Å². The minimum atomic E-state index is -5.68. The van der Waals surface area contributed by atoms with Crippen molar-refractivity contribution in [1.82, 2.24) is 0 Å². The van der Waals surface area contributed by atoms with E-state index in [2.05, 4.69) is 4.31 Å². The van der Waals surface area contributed by atoms with Crippen molar-refractivity contribution < 1.29 is 66.5 Å². The molecule has 13 heteroatoms. The molecule has 0 saturated carbocycles. The molecule has 0 rings (SSSR count). The molecule has 0 spiro atoms. The van der Waals surface area contributed by atoms with Crippen molar-refractivity contribution in [3.63, 3.8) is 0 Å². The fourth-order valence-corrected chi connectivity index (χ4v) is 1.10. The zero-order chi connectivity index (χ0) is 7.71. The average molecular weight is 292 g/mol. The number of rotatable bonds is 2. The quantitative estimate of drug-likeness (QED) is 0.352. The van der Waals surface area contributed by atoms with Crippen LogP contribution in [0.4, 0.5) is 0 Å². The van der Waals surface area contributed by atoms with Crippen LogP contribution in [0.25, 0.3) is 0 Å². The Labute approximate surface area is 82.8 Å². The van der Waals surface area contributed by atoms with Gasteiger partial charge >= 0.3 is 17.1 Å². The first-order valence-corrected chi connectivity index (χ1v) is 4.38. The fraction of sp³-hybridized carbons (Fsp3) is 0. The molecule has 0 aromatic heterocycles. The maximum atomic E-state index is 9.32. The van der Waals surface area contributed by atoms with Crippen LogP contribution < -0.4 is 19.6 Å². The van der Waals surface area contributed by atoms with Crippen molar-refractivity contribution >= 4 is 15.6 Å². The standard InChI is InChI=1S/Cu.H4O7P2.3H2O/c;1-8(2,3)7-9(4,5)6;;;/h;(H2,1,2,3)(H2,4,5,6);3*1H2/q+1;;;;/p-4. The summed E-state index contributed by atoms with van der Waals surface area (Å²) in [6.07, 6.45) is 0. The SMILES string of the molecule is O.O.O.O=P([O-])([O-])OP(=O)([O-])[O-].[Cu+]. The maximum Gasteiger partial charge on any atom is 1.00 e. The van der Waals surface area contributed by atoms with Gasteiger partial charge < -0.3 is 49.4 Å². The summed E-state index contributed by atoms with van der Waals surface area (Å²) in [6, 6.07) is 0. The Balaban J connectivity index is -0.0000000533. The van der Waals surface area contributed by atoms with Gasteiger partial charge in [0.25, 0.3) is 0 Å². The van der Waals surface area contributed by atoms with Crippen LogP contribution in [0.3, 0.4) is 0 Å². The van der Waals surface area contributed by atoms with Crippen LogP contribution in [-0.2, 0) is 30.5 Å². The molecule has 0 aliphatic heterocycles. The molecule has 0 radical (unpaired) electrons. The van der Waals surface area contributed by atoms with E-state index in [1.54, 1.807) is 0 Å². The van der Waals surface area contributed by atoms with Crippen LogP contribution in [0, 0.1) is 0 Å². The van der Waals surface area contributed by atoms with Gasteiger partial charge in [0, 0.05) is 0 Å². The third kappa shape index (κ3) is 32.4. The van der Waals surface area contributed by atoms with Gasteiger partial charge in [0.15, 0.2) is 0 Å². The number of hydrogen-bond acceptors (Lipinski definition) is 7. The molecule has 0 aliphatic carbocycles. The third-order valence-electron chi connectivity index (χ3n) is 0.200. The third-order valence-corrected chi connectivity index (χ3v) is 1.80. The molecule has 90 valence electrons. The summed E-state index contributed by atoms with van der Waals surface area (Å²) in [4.78, 5) is 37.3. The summed E-state index contributed by atoms with van der Waals surface area (Å²) in [5, 5.41) is 0. The molecule has 10 nitrogen and oxygen atoms in total. The largest absolute Gasteiger partial charge is 1.00 e. The Morgan fingerprint density at radius 3 is 0.923 bits per heavy atom. The van der Waals surface area contributed by atoms with Crippen LogP contribution in [0.2, 0.25) is 0 Å². The summed E-state index contributed by atoms with van der Waals surface area (Å²) in [5.74, 6) is 0. The second-order valence-electron chi connectivity index (χ2n) is 0.976. The normalized spacial score (nSPS) is 9.54. The van der Waals surface area contributed by atoms with Gasteiger partial charge in [-0.3, -0.25) is 0 Å². The molecule has 6 N–H and O–H groups in total. The van der Waals surface area contributed by atoms with Crippen LogP contribution >= 0.6 is 15.6 Å². The smallest absolute Gasteiger partial charge is 0.790 e. The predicted octanol–water partition coefficient (Wildman–Crippen LogP) is -5.82. The van der Waals surface area contributed by atoms with E-state index in [9.17, 15) is 28.7 Å². The number of phosphoric acid groups is 2. The van der Waals surface area contributed by atoms with Crippen LogP contribution in [0.15, 0.2) is 0 Å². The van der Waals surface area contributed by atoms with Crippen LogP contribution in [0.5, 0.6) is 0 Å². The fourth-order valence-electron chi connectivity index (χ4n) is 0.122. The summed E-state index contributed by atoms with van der Waals surface area (Å²) in [6.45, 7) is 0. The molecule has 0 atom stereocenters. The van der Waals surface area contributed by atoms with Crippen molar-refractivity contribution in [2.75, 3.05) is 0 Å². The van der Waals surface area contributed by atoms with E-state index in [0.29, 0.717) is 0 Å². The zero-order valence-electron chi connectivity index (χ0n) is 5.55. The molecular formula is H6CuO10P2-3. The van der Waals surface area contributed by atoms with Gasteiger partial charge in [-0.2, -0.15) is 0 Å². The van der Waals surface area contributed by atoms with Crippen molar-refractivity contribution in [2.24, 2.45) is 0 Å². The van der Waals surface area contributed by atoms with Gasteiger partial charge in [-0.05, 0) is 0 Å². The average Bonchev–Trinajstić information content (AvgIpc) is 1.14. The molecule has 0 bridgehead atoms. The molecular weight excluding hydrogens is 285 g/mol. The van der Waals surface area contributed by atoms with Gasteiger partial charge in [-0.1, -0.05) is 0 Å². The van der Waals surface area contributed by atoms with Crippen molar-refractivity contribution in [3.8, 4) is 0 Å². The molecule has 0 aromatic rings. The van der Waals surface area contributed by atoms with E-state index < -0.39 is 15.6 Å².